The monoisotopic (exact) mass is 343 g/mol. The smallest absolute Gasteiger partial charge is 0.191 e. The van der Waals surface area contributed by atoms with Gasteiger partial charge in [0.05, 0.1) is 5.69 Å². The van der Waals surface area contributed by atoms with Crippen LogP contribution in [0.1, 0.15) is 69.7 Å². The second-order valence-electron chi connectivity index (χ2n) is 7.62. The molecule has 1 heterocycles. The molecule has 0 amide bonds. The van der Waals surface area contributed by atoms with E-state index in [1.165, 1.54) is 36.9 Å². The quantitative estimate of drug-likeness (QED) is 0.489. The summed E-state index contributed by atoms with van der Waals surface area (Å²) >= 11 is 0. The molecule has 3 rings (SSSR count). The van der Waals surface area contributed by atoms with Crippen LogP contribution in [0, 0.1) is 0 Å². The summed E-state index contributed by atoms with van der Waals surface area (Å²) in [5.41, 5.74) is 4.27. The Morgan fingerprint density at radius 3 is 2.96 bits per heavy atom. The number of aryl methyl sites for hydroxylation is 1. The lowest BCUT2D eigenvalue weighted by Gasteiger charge is -2.24. The number of allylic oxidation sites excluding steroid dienone is 1. The van der Waals surface area contributed by atoms with Crippen molar-refractivity contribution >= 4 is 5.96 Å². The lowest BCUT2D eigenvalue weighted by Crippen LogP contribution is -2.46. The van der Waals surface area contributed by atoms with Gasteiger partial charge in [-0.2, -0.15) is 5.10 Å². The standard InChI is InChI=1S/C20H33N5/c1-15(2)25-14-17-9-10-18(13-19(17)24-25)23-20(21-3)22-12-11-16-7-5-4-6-8-16/h7,14-15,18H,4-6,8-13H2,1-3H3,(H2,21,22,23). The first kappa shape index (κ1) is 18.0. The Bertz CT molecular complexity index is 626. The molecular weight excluding hydrogens is 310 g/mol. The molecule has 25 heavy (non-hydrogen) atoms. The van der Waals surface area contributed by atoms with Crippen molar-refractivity contribution in [1.29, 1.82) is 0 Å². The fourth-order valence-electron chi connectivity index (χ4n) is 3.76. The Kier molecular flexibility index (Phi) is 6.16. The van der Waals surface area contributed by atoms with Gasteiger partial charge >= 0.3 is 0 Å². The molecule has 0 bridgehead atoms. The zero-order valence-corrected chi connectivity index (χ0v) is 16.0. The van der Waals surface area contributed by atoms with Crippen molar-refractivity contribution in [1.82, 2.24) is 20.4 Å². The number of fused-ring (bicyclic) bond motifs is 1. The molecule has 0 radical (unpaired) electrons. The third kappa shape index (κ3) is 4.86. The third-order valence-electron chi connectivity index (χ3n) is 5.31. The number of hydrogen-bond donors (Lipinski definition) is 2. The SMILES string of the molecule is CN=C(NCCC1=CCCCC1)NC1CCc2cn(C(C)C)nc2C1. The zero-order valence-electron chi connectivity index (χ0n) is 16.0. The molecular formula is C20H33N5. The van der Waals surface area contributed by atoms with Crippen molar-refractivity contribution in [3.05, 3.63) is 29.1 Å². The van der Waals surface area contributed by atoms with Gasteiger partial charge in [-0.05, 0) is 64.4 Å². The highest BCUT2D eigenvalue weighted by Gasteiger charge is 2.22. The van der Waals surface area contributed by atoms with Gasteiger partial charge in [0.1, 0.15) is 0 Å². The molecule has 5 nitrogen and oxygen atoms in total. The Morgan fingerprint density at radius 1 is 1.36 bits per heavy atom. The van der Waals surface area contributed by atoms with Gasteiger partial charge in [0.2, 0.25) is 0 Å². The summed E-state index contributed by atoms with van der Waals surface area (Å²) in [6, 6.07) is 0.851. The van der Waals surface area contributed by atoms with E-state index in [1.54, 1.807) is 5.57 Å². The van der Waals surface area contributed by atoms with E-state index in [1.807, 2.05) is 7.05 Å². The summed E-state index contributed by atoms with van der Waals surface area (Å²) in [4.78, 5) is 4.40. The first-order chi connectivity index (χ1) is 12.2. The number of nitrogens with one attached hydrogen (secondary N) is 2. The Balaban J connectivity index is 1.48. The van der Waals surface area contributed by atoms with E-state index in [0.29, 0.717) is 12.1 Å². The molecule has 1 aromatic heterocycles. The van der Waals surface area contributed by atoms with Crippen LogP contribution < -0.4 is 10.6 Å². The van der Waals surface area contributed by atoms with Crippen molar-refractivity contribution < 1.29 is 0 Å². The zero-order chi connectivity index (χ0) is 17.6. The normalized spacial score (nSPS) is 21.0. The van der Waals surface area contributed by atoms with Crippen LogP contribution in [0.3, 0.4) is 0 Å². The van der Waals surface area contributed by atoms with Gasteiger partial charge in [0.25, 0.3) is 0 Å². The average molecular weight is 344 g/mol. The summed E-state index contributed by atoms with van der Waals surface area (Å²) in [5, 5.41) is 11.8. The number of hydrogen-bond acceptors (Lipinski definition) is 2. The van der Waals surface area contributed by atoms with Crippen LogP contribution in [0.15, 0.2) is 22.8 Å². The number of aliphatic imine (C=N–C) groups is 1. The van der Waals surface area contributed by atoms with Gasteiger partial charge in [-0.25, -0.2) is 0 Å². The van der Waals surface area contributed by atoms with E-state index < -0.39 is 0 Å². The Hall–Kier alpha value is -1.78. The summed E-state index contributed by atoms with van der Waals surface area (Å²) in [6.45, 7) is 5.33. The van der Waals surface area contributed by atoms with E-state index >= 15 is 0 Å². The van der Waals surface area contributed by atoms with Crippen LogP contribution in [0.2, 0.25) is 0 Å². The van der Waals surface area contributed by atoms with E-state index in [2.05, 4.69) is 46.4 Å². The van der Waals surface area contributed by atoms with Crippen LogP contribution in [0.5, 0.6) is 0 Å². The van der Waals surface area contributed by atoms with Crippen LogP contribution in [0.25, 0.3) is 0 Å². The number of nitrogens with zero attached hydrogens (tertiary/aromatic N) is 3. The van der Waals surface area contributed by atoms with E-state index in [4.69, 9.17) is 5.10 Å². The summed E-state index contributed by atoms with van der Waals surface area (Å²) in [7, 11) is 1.86. The van der Waals surface area contributed by atoms with Crippen molar-refractivity contribution in [2.45, 2.75) is 77.3 Å². The van der Waals surface area contributed by atoms with Crippen molar-refractivity contribution in [2.24, 2.45) is 4.99 Å². The molecule has 0 fully saturated rings. The van der Waals surface area contributed by atoms with Gasteiger partial charge in [-0.1, -0.05) is 11.6 Å². The van der Waals surface area contributed by atoms with Crippen LogP contribution in [0.4, 0.5) is 0 Å². The summed E-state index contributed by atoms with van der Waals surface area (Å²) in [6.07, 6.45) is 14.3. The third-order valence-corrected chi connectivity index (χ3v) is 5.31. The molecule has 0 saturated heterocycles. The molecule has 138 valence electrons. The fraction of sp³-hybridized carbons (Fsp3) is 0.700. The number of rotatable bonds is 5. The first-order valence-corrected chi connectivity index (χ1v) is 9.87. The predicted octanol–water partition coefficient (Wildman–Crippen LogP) is 3.38. The van der Waals surface area contributed by atoms with Crippen molar-refractivity contribution in [3.8, 4) is 0 Å². The predicted molar refractivity (Wildman–Crippen MR) is 104 cm³/mol. The minimum Gasteiger partial charge on any atom is -0.356 e. The average Bonchev–Trinajstić information content (AvgIpc) is 3.05. The van der Waals surface area contributed by atoms with Crippen molar-refractivity contribution in [3.63, 3.8) is 0 Å². The van der Waals surface area contributed by atoms with E-state index in [9.17, 15) is 0 Å². The minimum atomic E-state index is 0.420. The van der Waals surface area contributed by atoms with Crippen LogP contribution >= 0.6 is 0 Å². The molecule has 0 saturated carbocycles. The van der Waals surface area contributed by atoms with Crippen LogP contribution in [-0.4, -0.2) is 35.4 Å². The second-order valence-corrected chi connectivity index (χ2v) is 7.62. The highest BCUT2D eigenvalue weighted by molar-refractivity contribution is 5.80. The van der Waals surface area contributed by atoms with Gasteiger partial charge in [-0.3, -0.25) is 9.67 Å². The molecule has 2 aliphatic rings. The van der Waals surface area contributed by atoms with Gasteiger partial charge in [0.15, 0.2) is 5.96 Å². The number of aromatic nitrogens is 2. The summed E-state index contributed by atoms with van der Waals surface area (Å²) < 4.78 is 2.10. The van der Waals surface area contributed by atoms with Crippen molar-refractivity contribution in [2.75, 3.05) is 13.6 Å². The first-order valence-electron chi connectivity index (χ1n) is 9.87. The molecule has 1 aromatic rings. The molecule has 0 aliphatic heterocycles. The largest absolute Gasteiger partial charge is 0.356 e. The highest BCUT2D eigenvalue weighted by atomic mass is 15.3. The topological polar surface area (TPSA) is 54.2 Å². The molecule has 0 aromatic carbocycles. The van der Waals surface area contributed by atoms with Gasteiger partial charge in [0, 0.05) is 38.3 Å². The number of guanidine groups is 1. The maximum Gasteiger partial charge on any atom is 0.191 e. The maximum atomic E-state index is 4.77. The molecule has 2 aliphatic carbocycles. The minimum absolute atomic E-state index is 0.420. The second kappa shape index (κ2) is 8.54. The lowest BCUT2D eigenvalue weighted by molar-refractivity contribution is 0.499. The Morgan fingerprint density at radius 2 is 2.24 bits per heavy atom. The maximum absolute atomic E-state index is 4.77. The Labute approximate surface area is 152 Å². The molecule has 1 atom stereocenters. The van der Waals surface area contributed by atoms with Gasteiger partial charge in [-0.15, -0.1) is 0 Å². The summed E-state index contributed by atoms with van der Waals surface area (Å²) in [5.74, 6) is 0.924. The van der Waals surface area contributed by atoms with Crippen LogP contribution in [-0.2, 0) is 12.8 Å². The van der Waals surface area contributed by atoms with E-state index in [-0.39, 0.29) is 0 Å². The fourth-order valence-corrected chi connectivity index (χ4v) is 3.76. The van der Waals surface area contributed by atoms with Gasteiger partial charge < -0.3 is 10.6 Å². The molecule has 2 N–H and O–H groups in total. The highest BCUT2D eigenvalue weighted by Crippen LogP contribution is 2.22. The molecule has 5 heteroatoms. The van der Waals surface area contributed by atoms with E-state index in [0.717, 1.165) is 38.2 Å². The lowest BCUT2D eigenvalue weighted by atomic mass is 9.94. The molecule has 0 spiro atoms. The molecule has 1 unspecified atom stereocenters.